The lowest BCUT2D eigenvalue weighted by Crippen LogP contribution is -2.14. The highest BCUT2D eigenvalue weighted by atomic mass is 79.9. The van der Waals surface area contributed by atoms with Gasteiger partial charge in [-0.15, -0.1) is 0 Å². The van der Waals surface area contributed by atoms with E-state index >= 15 is 0 Å². The van der Waals surface area contributed by atoms with Crippen LogP contribution in [0.2, 0.25) is 5.02 Å². The van der Waals surface area contributed by atoms with Gasteiger partial charge < -0.3 is 10.4 Å². The Kier molecular flexibility index (Phi) is 4.65. The quantitative estimate of drug-likeness (QED) is 0.846. The number of aryl methyl sites for hydroxylation is 1. The molecule has 0 aliphatic carbocycles. The van der Waals surface area contributed by atoms with Crippen LogP contribution in [0.4, 0.5) is 5.69 Å². The molecule has 0 atom stereocenters. The van der Waals surface area contributed by atoms with Crippen molar-refractivity contribution in [2.75, 3.05) is 5.32 Å². The molecular weight excluding hydrogens is 358 g/mol. The average Bonchev–Trinajstić information content (AvgIpc) is 2.40. The van der Waals surface area contributed by atoms with Crippen molar-refractivity contribution < 1.29 is 14.7 Å². The molecule has 2 N–H and O–H groups in total. The summed E-state index contributed by atoms with van der Waals surface area (Å²) in [5.74, 6) is -1.39. The molecule has 2 aromatic rings. The fourth-order valence-corrected chi connectivity index (χ4v) is 2.49. The number of carbonyl (C=O) groups excluding carboxylic acids is 1. The van der Waals surface area contributed by atoms with E-state index in [4.69, 9.17) is 16.7 Å². The molecule has 0 fully saturated rings. The third-order valence-electron chi connectivity index (χ3n) is 2.89. The predicted molar refractivity (Wildman–Crippen MR) is 85.2 cm³/mol. The standard InChI is InChI=1S/C15H11BrClNO3/c1-8-6-9(17)2-4-11(8)14(19)18-10-3-5-13(16)12(7-10)15(20)21/h2-7H,1H3,(H,18,19)(H,20,21). The van der Waals surface area contributed by atoms with Crippen LogP contribution in [0.15, 0.2) is 40.9 Å². The third-order valence-corrected chi connectivity index (χ3v) is 3.81. The van der Waals surface area contributed by atoms with Gasteiger partial charge in [0.25, 0.3) is 5.91 Å². The van der Waals surface area contributed by atoms with Crippen molar-refractivity contribution in [2.45, 2.75) is 6.92 Å². The van der Waals surface area contributed by atoms with Gasteiger partial charge in [0.1, 0.15) is 0 Å². The van der Waals surface area contributed by atoms with Crippen LogP contribution in [-0.4, -0.2) is 17.0 Å². The van der Waals surface area contributed by atoms with Gasteiger partial charge >= 0.3 is 5.97 Å². The summed E-state index contributed by atoms with van der Waals surface area (Å²) in [4.78, 5) is 23.3. The zero-order valence-electron chi connectivity index (χ0n) is 11.0. The molecule has 1 amide bonds. The van der Waals surface area contributed by atoms with E-state index in [1.54, 1.807) is 37.3 Å². The molecule has 0 heterocycles. The molecule has 0 aromatic heterocycles. The Morgan fingerprint density at radius 2 is 1.86 bits per heavy atom. The first-order valence-electron chi connectivity index (χ1n) is 5.99. The number of carboxylic acid groups (broad SMARTS) is 1. The highest BCUT2D eigenvalue weighted by Crippen LogP contribution is 2.22. The van der Waals surface area contributed by atoms with Crippen molar-refractivity contribution in [1.82, 2.24) is 0 Å². The number of hydrogen-bond donors (Lipinski definition) is 2. The minimum atomic E-state index is -1.07. The summed E-state index contributed by atoms with van der Waals surface area (Å²) in [7, 11) is 0. The lowest BCUT2D eigenvalue weighted by atomic mass is 10.1. The second-order valence-corrected chi connectivity index (χ2v) is 5.70. The predicted octanol–water partition coefficient (Wildman–Crippen LogP) is 4.36. The summed E-state index contributed by atoms with van der Waals surface area (Å²) < 4.78 is 0.454. The number of carboxylic acids is 1. The number of nitrogens with one attached hydrogen (secondary N) is 1. The Bertz CT molecular complexity index is 731. The van der Waals surface area contributed by atoms with Gasteiger partial charge in [-0.05, 0) is 64.8 Å². The van der Waals surface area contributed by atoms with Crippen LogP contribution in [0, 0.1) is 6.92 Å². The Balaban J connectivity index is 2.27. The number of rotatable bonds is 3. The minimum absolute atomic E-state index is 0.0839. The van der Waals surface area contributed by atoms with E-state index in [0.717, 1.165) is 5.56 Å². The van der Waals surface area contributed by atoms with Gasteiger partial charge in [0.05, 0.1) is 5.56 Å². The maximum Gasteiger partial charge on any atom is 0.336 e. The molecule has 0 bridgehead atoms. The number of hydrogen-bond acceptors (Lipinski definition) is 2. The molecule has 0 unspecified atom stereocenters. The van der Waals surface area contributed by atoms with Crippen molar-refractivity contribution in [1.29, 1.82) is 0 Å². The number of halogens is 2. The minimum Gasteiger partial charge on any atom is -0.478 e. The largest absolute Gasteiger partial charge is 0.478 e. The summed E-state index contributed by atoms with van der Waals surface area (Å²) in [6, 6.07) is 9.56. The molecule has 21 heavy (non-hydrogen) atoms. The summed E-state index contributed by atoms with van der Waals surface area (Å²) >= 11 is 9.01. The van der Waals surface area contributed by atoms with Crippen LogP contribution in [0.1, 0.15) is 26.3 Å². The molecule has 4 nitrogen and oxygen atoms in total. The summed E-state index contributed by atoms with van der Waals surface area (Å²) in [5, 5.41) is 12.3. The van der Waals surface area contributed by atoms with E-state index in [9.17, 15) is 9.59 Å². The van der Waals surface area contributed by atoms with E-state index in [1.807, 2.05) is 0 Å². The van der Waals surface area contributed by atoms with Crippen LogP contribution >= 0.6 is 27.5 Å². The van der Waals surface area contributed by atoms with Gasteiger partial charge in [-0.25, -0.2) is 4.79 Å². The van der Waals surface area contributed by atoms with Crippen molar-refractivity contribution >= 4 is 45.1 Å². The van der Waals surface area contributed by atoms with E-state index in [2.05, 4.69) is 21.2 Å². The first kappa shape index (κ1) is 15.5. The van der Waals surface area contributed by atoms with Crippen molar-refractivity contribution in [2.24, 2.45) is 0 Å². The lowest BCUT2D eigenvalue weighted by molar-refractivity contribution is 0.0695. The smallest absolute Gasteiger partial charge is 0.336 e. The first-order valence-corrected chi connectivity index (χ1v) is 7.16. The van der Waals surface area contributed by atoms with E-state index in [1.165, 1.54) is 6.07 Å². The first-order chi connectivity index (χ1) is 9.88. The van der Waals surface area contributed by atoms with Gasteiger partial charge in [-0.3, -0.25) is 4.79 Å². The van der Waals surface area contributed by atoms with E-state index < -0.39 is 5.97 Å². The lowest BCUT2D eigenvalue weighted by Gasteiger charge is -2.09. The second kappa shape index (κ2) is 6.28. The normalized spacial score (nSPS) is 10.2. The molecule has 0 aliphatic heterocycles. The Hall–Kier alpha value is -1.85. The summed E-state index contributed by atoms with van der Waals surface area (Å²) in [5.41, 5.74) is 1.73. The molecule has 2 rings (SSSR count). The molecule has 2 aromatic carbocycles. The summed E-state index contributed by atoms with van der Waals surface area (Å²) in [6.07, 6.45) is 0. The molecule has 0 spiro atoms. The number of amides is 1. The SMILES string of the molecule is Cc1cc(Cl)ccc1C(=O)Nc1ccc(Br)c(C(=O)O)c1. The van der Waals surface area contributed by atoms with Gasteiger partial charge in [0.15, 0.2) is 0 Å². The second-order valence-electron chi connectivity index (χ2n) is 4.41. The third kappa shape index (κ3) is 3.62. The Morgan fingerprint density at radius 1 is 1.14 bits per heavy atom. The molecule has 0 saturated heterocycles. The maximum absolute atomic E-state index is 12.2. The number of benzene rings is 2. The van der Waals surface area contributed by atoms with E-state index in [-0.39, 0.29) is 11.5 Å². The molecular formula is C15H11BrClNO3. The maximum atomic E-state index is 12.2. The fourth-order valence-electron chi connectivity index (χ4n) is 1.85. The van der Waals surface area contributed by atoms with Crippen LogP contribution in [0.3, 0.4) is 0 Å². The zero-order chi connectivity index (χ0) is 15.6. The average molecular weight is 369 g/mol. The zero-order valence-corrected chi connectivity index (χ0v) is 13.3. The number of aromatic carboxylic acids is 1. The van der Waals surface area contributed by atoms with Crippen LogP contribution in [0.5, 0.6) is 0 Å². The highest BCUT2D eigenvalue weighted by Gasteiger charge is 2.13. The summed E-state index contributed by atoms with van der Waals surface area (Å²) in [6.45, 7) is 1.78. The molecule has 6 heteroatoms. The Morgan fingerprint density at radius 3 is 2.48 bits per heavy atom. The Labute approximate surface area is 134 Å². The molecule has 0 aliphatic rings. The van der Waals surface area contributed by atoms with E-state index in [0.29, 0.717) is 20.7 Å². The highest BCUT2D eigenvalue weighted by molar-refractivity contribution is 9.10. The van der Waals surface area contributed by atoms with Crippen molar-refractivity contribution in [3.63, 3.8) is 0 Å². The van der Waals surface area contributed by atoms with Gasteiger partial charge in [-0.1, -0.05) is 11.6 Å². The van der Waals surface area contributed by atoms with Gasteiger partial charge in [0, 0.05) is 20.7 Å². The number of anilines is 1. The van der Waals surface area contributed by atoms with Crippen LogP contribution in [0.25, 0.3) is 0 Å². The van der Waals surface area contributed by atoms with Gasteiger partial charge in [0.2, 0.25) is 0 Å². The van der Waals surface area contributed by atoms with Crippen molar-refractivity contribution in [3.8, 4) is 0 Å². The molecule has 0 radical (unpaired) electrons. The van der Waals surface area contributed by atoms with Crippen LogP contribution < -0.4 is 5.32 Å². The monoisotopic (exact) mass is 367 g/mol. The number of carbonyl (C=O) groups is 2. The topological polar surface area (TPSA) is 66.4 Å². The van der Waals surface area contributed by atoms with Gasteiger partial charge in [-0.2, -0.15) is 0 Å². The molecule has 0 saturated carbocycles. The fraction of sp³-hybridized carbons (Fsp3) is 0.0667. The van der Waals surface area contributed by atoms with Crippen LogP contribution in [-0.2, 0) is 0 Å². The molecule has 108 valence electrons. The van der Waals surface area contributed by atoms with Crippen molar-refractivity contribution in [3.05, 3.63) is 62.6 Å².